The van der Waals surface area contributed by atoms with E-state index in [1.807, 2.05) is 0 Å². The van der Waals surface area contributed by atoms with Crippen molar-refractivity contribution in [1.29, 1.82) is 0 Å². The highest BCUT2D eigenvalue weighted by Crippen LogP contribution is 2.32. The molecule has 1 aliphatic heterocycles. The predicted octanol–water partition coefficient (Wildman–Crippen LogP) is 2.96. The number of hydrogen-bond acceptors (Lipinski definition) is 6. The van der Waals surface area contributed by atoms with Crippen LogP contribution in [-0.4, -0.2) is 43.8 Å². The molecule has 0 bridgehead atoms. The zero-order valence-electron chi connectivity index (χ0n) is 12.8. The van der Waals surface area contributed by atoms with Gasteiger partial charge in [0, 0.05) is 38.3 Å². The van der Waals surface area contributed by atoms with Crippen LogP contribution in [0, 0.1) is 15.9 Å². The van der Waals surface area contributed by atoms with Crippen molar-refractivity contribution in [2.24, 2.45) is 0 Å². The topological polar surface area (TPSA) is 83.8 Å². The zero-order chi connectivity index (χ0) is 18.2. The van der Waals surface area contributed by atoms with E-state index < -0.39 is 20.8 Å². The van der Waals surface area contributed by atoms with Crippen LogP contribution in [0.2, 0.25) is 4.34 Å². The summed E-state index contributed by atoms with van der Waals surface area (Å²) >= 11 is 6.78. The Balaban J connectivity index is 1.79. The van der Waals surface area contributed by atoms with Crippen molar-refractivity contribution in [3.63, 3.8) is 0 Å². The van der Waals surface area contributed by atoms with Crippen molar-refractivity contribution in [2.45, 2.75) is 4.21 Å². The molecule has 1 aromatic carbocycles. The first kappa shape index (κ1) is 18.1. The predicted molar refractivity (Wildman–Crippen MR) is 93.4 cm³/mol. The number of piperazine rings is 1. The van der Waals surface area contributed by atoms with Gasteiger partial charge in [-0.2, -0.15) is 4.31 Å². The van der Waals surface area contributed by atoms with Crippen LogP contribution < -0.4 is 4.90 Å². The van der Waals surface area contributed by atoms with Gasteiger partial charge in [-0.1, -0.05) is 11.6 Å². The summed E-state index contributed by atoms with van der Waals surface area (Å²) in [6.07, 6.45) is 0. The molecule has 0 unspecified atom stereocenters. The average molecular weight is 406 g/mol. The van der Waals surface area contributed by atoms with Gasteiger partial charge in [-0.25, -0.2) is 12.8 Å². The third kappa shape index (κ3) is 3.61. The Labute approximate surface area is 152 Å². The molecule has 0 saturated carbocycles. The Morgan fingerprint density at radius 2 is 1.84 bits per heavy atom. The van der Waals surface area contributed by atoms with Crippen molar-refractivity contribution in [3.8, 4) is 0 Å². The molecule has 134 valence electrons. The van der Waals surface area contributed by atoms with E-state index in [0.29, 0.717) is 4.34 Å². The van der Waals surface area contributed by atoms with E-state index in [0.717, 1.165) is 29.5 Å². The fourth-order valence-corrected chi connectivity index (χ4v) is 5.70. The summed E-state index contributed by atoms with van der Waals surface area (Å²) in [5.41, 5.74) is -0.0519. The summed E-state index contributed by atoms with van der Waals surface area (Å²) in [5, 5.41) is 11.1. The lowest BCUT2D eigenvalue weighted by Crippen LogP contribution is -2.48. The van der Waals surface area contributed by atoms with Gasteiger partial charge in [0.05, 0.1) is 9.26 Å². The Kier molecular flexibility index (Phi) is 4.96. The molecule has 0 amide bonds. The third-order valence-electron chi connectivity index (χ3n) is 3.86. The van der Waals surface area contributed by atoms with Crippen molar-refractivity contribution in [3.05, 3.63) is 50.6 Å². The third-order valence-corrected chi connectivity index (χ3v) is 7.45. The van der Waals surface area contributed by atoms with Gasteiger partial charge in [0.25, 0.3) is 15.7 Å². The van der Waals surface area contributed by atoms with Gasteiger partial charge < -0.3 is 4.90 Å². The van der Waals surface area contributed by atoms with Gasteiger partial charge in [-0.15, -0.1) is 11.3 Å². The van der Waals surface area contributed by atoms with Gasteiger partial charge in [0.1, 0.15) is 15.7 Å². The standard InChI is InChI=1S/C14H13ClFN3O4S2/c15-13-3-4-14(24-13)25(22,23)18-7-5-17(6-8-18)12-9-10(16)1-2-11(12)19(20)21/h1-4,9H,5-8H2. The first-order chi connectivity index (χ1) is 11.8. The minimum Gasteiger partial charge on any atom is -0.363 e. The number of nitro benzene ring substituents is 1. The Hall–Kier alpha value is -1.75. The van der Waals surface area contributed by atoms with Crippen LogP contribution >= 0.6 is 22.9 Å². The minimum absolute atomic E-state index is 0.144. The fraction of sp³-hybridized carbons (Fsp3) is 0.286. The first-order valence-corrected chi connectivity index (χ1v) is 9.87. The van der Waals surface area contributed by atoms with Gasteiger partial charge >= 0.3 is 0 Å². The number of sulfonamides is 1. The van der Waals surface area contributed by atoms with Gasteiger partial charge in [-0.3, -0.25) is 10.1 Å². The number of rotatable bonds is 4. The van der Waals surface area contributed by atoms with E-state index >= 15 is 0 Å². The molecule has 2 heterocycles. The van der Waals surface area contributed by atoms with Crippen LogP contribution in [0.1, 0.15) is 0 Å². The molecule has 1 saturated heterocycles. The van der Waals surface area contributed by atoms with Crippen molar-refractivity contribution < 1.29 is 17.7 Å². The molecule has 7 nitrogen and oxygen atoms in total. The van der Waals surface area contributed by atoms with Crippen LogP contribution in [0.4, 0.5) is 15.8 Å². The largest absolute Gasteiger partial charge is 0.363 e. The van der Waals surface area contributed by atoms with E-state index in [2.05, 4.69) is 0 Å². The number of hydrogen-bond donors (Lipinski definition) is 0. The van der Waals surface area contributed by atoms with Crippen LogP contribution in [0.25, 0.3) is 0 Å². The van der Waals surface area contributed by atoms with Crippen molar-refractivity contribution in [1.82, 2.24) is 4.31 Å². The number of halogens is 2. The molecule has 1 aromatic heterocycles. The SMILES string of the molecule is O=[N+]([O-])c1ccc(F)cc1N1CCN(S(=O)(=O)c2ccc(Cl)s2)CC1. The number of anilines is 1. The maximum absolute atomic E-state index is 13.5. The highest BCUT2D eigenvalue weighted by Gasteiger charge is 2.31. The molecule has 0 radical (unpaired) electrons. The minimum atomic E-state index is -3.65. The lowest BCUT2D eigenvalue weighted by atomic mass is 10.2. The molecule has 0 atom stereocenters. The molecule has 1 aliphatic rings. The number of benzene rings is 1. The fourth-order valence-electron chi connectivity index (χ4n) is 2.64. The molecule has 0 N–H and O–H groups in total. The molecule has 25 heavy (non-hydrogen) atoms. The summed E-state index contributed by atoms with van der Waals surface area (Å²) in [6, 6.07) is 6.21. The molecular weight excluding hydrogens is 393 g/mol. The van der Waals surface area contributed by atoms with Gasteiger partial charge in [-0.05, 0) is 18.2 Å². The second kappa shape index (κ2) is 6.87. The lowest BCUT2D eigenvalue weighted by Gasteiger charge is -2.34. The summed E-state index contributed by atoms with van der Waals surface area (Å²) in [7, 11) is -3.65. The van der Waals surface area contributed by atoms with Crippen LogP contribution in [0.15, 0.2) is 34.5 Å². The average Bonchev–Trinajstić information content (AvgIpc) is 3.02. The van der Waals surface area contributed by atoms with Crippen molar-refractivity contribution in [2.75, 3.05) is 31.1 Å². The summed E-state index contributed by atoms with van der Waals surface area (Å²) in [5.74, 6) is -0.580. The van der Waals surface area contributed by atoms with E-state index in [1.165, 1.54) is 16.4 Å². The van der Waals surface area contributed by atoms with Crippen LogP contribution in [0.5, 0.6) is 0 Å². The zero-order valence-corrected chi connectivity index (χ0v) is 15.2. The number of nitro groups is 1. The smallest absolute Gasteiger partial charge is 0.292 e. The normalized spacial score (nSPS) is 16.2. The highest BCUT2D eigenvalue weighted by molar-refractivity contribution is 7.91. The lowest BCUT2D eigenvalue weighted by molar-refractivity contribution is -0.384. The Morgan fingerprint density at radius 1 is 1.16 bits per heavy atom. The maximum atomic E-state index is 13.5. The quantitative estimate of drug-likeness (QED) is 0.576. The van der Waals surface area contributed by atoms with E-state index in [-0.39, 0.29) is 41.8 Å². The number of thiophene rings is 1. The van der Waals surface area contributed by atoms with Crippen LogP contribution in [0.3, 0.4) is 0 Å². The second-order valence-corrected chi connectivity index (χ2v) is 9.22. The molecule has 0 aliphatic carbocycles. The van der Waals surface area contributed by atoms with Gasteiger partial charge in [0.2, 0.25) is 0 Å². The van der Waals surface area contributed by atoms with Gasteiger partial charge in [0.15, 0.2) is 0 Å². The molecule has 2 aromatic rings. The Bertz CT molecular complexity index is 911. The monoisotopic (exact) mass is 405 g/mol. The molecular formula is C14H13ClFN3O4S2. The summed E-state index contributed by atoms with van der Waals surface area (Å²) in [4.78, 5) is 12.2. The molecule has 0 spiro atoms. The number of nitrogens with zero attached hydrogens (tertiary/aromatic N) is 3. The van der Waals surface area contributed by atoms with Crippen LogP contribution in [-0.2, 0) is 10.0 Å². The summed E-state index contributed by atoms with van der Waals surface area (Å²) < 4.78 is 40.5. The van der Waals surface area contributed by atoms with E-state index in [9.17, 15) is 22.9 Å². The molecule has 3 rings (SSSR count). The summed E-state index contributed by atoms with van der Waals surface area (Å²) in [6.45, 7) is 0.738. The van der Waals surface area contributed by atoms with E-state index in [4.69, 9.17) is 11.6 Å². The second-order valence-electron chi connectivity index (χ2n) is 5.34. The highest BCUT2D eigenvalue weighted by atomic mass is 35.5. The molecule has 11 heteroatoms. The molecule has 1 fully saturated rings. The maximum Gasteiger partial charge on any atom is 0.292 e. The van der Waals surface area contributed by atoms with E-state index in [1.54, 1.807) is 4.90 Å². The first-order valence-electron chi connectivity index (χ1n) is 7.23. The van der Waals surface area contributed by atoms with Crippen molar-refractivity contribution >= 4 is 44.3 Å². The Morgan fingerprint density at radius 3 is 2.40 bits per heavy atom.